The minimum Gasteiger partial charge on any atom is -0.353 e. The predicted molar refractivity (Wildman–Crippen MR) is 215 cm³/mol. The van der Waals surface area contributed by atoms with E-state index in [0.29, 0.717) is 32.2 Å². The summed E-state index contributed by atoms with van der Waals surface area (Å²) in [5, 5.41) is 0. The lowest BCUT2D eigenvalue weighted by atomic mass is 9.88. The first-order valence-corrected chi connectivity index (χ1v) is 22.1. The first-order chi connectivity index (χ1) is 25.0. The molecule has 0 N–H and O–H groups in total. The summed E-state index contributed by atoms with van der Waals surface area (Å²) in [7, 11) is 2.98. The molecular formula is C44H89F3O5. The van der Waals surface area contributed by atoms with Crippen LogP contribution in [0.3, 0.4) is 0 Å². The summed E-state index contributed by atoms with van der Waals surface area (Å²) in [6.07, 6.45) is 26.6. The maximum atomic E-state index is 12.5. The maximum absolute atomic E-state index is 12.5. The van der Waals surface area contributed by atoms with Gasteiger partial charge >= 0.3 is 6.18 Å². The fraction of sp³-hybridized carbons (Fsp3) is 1.00. The zero-order valence-corrected chi connectivity index (χ0v) is 36.0. The molecule has 0 spiro atoms. The highest BCUT2D eigenvalue weighted by Gasteiger charge is 2.41. The van der Waals surface area contributed by atoms with Gasteiger partial charge in [0, 0.05) is 52.3 Å². The summed E-state index contributed by atoms with van der Waals surface area (Å²) in [4.78, 5) is 0. The number of hydrogen-bond acceptors (Lipinski definition) is 5. The van der Waals surface area contributed by atoms with Crippen LogP contribution in [0.2, 0.25) is 0 Å². The van der Waals surface area contributed by atoms with Crippen LogP contribution in [-0.4, -0.2) is 52.0 Å². The molecule has 0 rings (SSSR count). The largest absolute Gasteiger partial charge is 0.389 e. The lowest BCUT2D eigenvalue weighted by Gasteiger charge is -2.39. The van der Waals surface area contributed by atoms with Gasteiger partial charge in [0.1, 0.15) is 0 Å². The van der Waals surface area contributed by atoms with Crippen molar-refractivity contribution >= 4 is 0 Å². The molecule has 8 heteroatoms. The third-order valence-corrected chi connectivity index (χ3v) is 10.6. The van der Waals surface area contributed by atoms with Crippen LogP contribution >= 0.6 is 0 Å². The molecule has 0 aliphatic carbocycles. The van der Waals surface area contributed by atoms with E-state index >= 15 is 0 Å². The Hall–Kier alpha value is -0.410. The van der Waals surface area contributed by atoms with Crippen LogP contribution in [-0.2, 0) is 23.7 Å². The first kappa shape index (κ1) is 53.7. The van der Waals surface area contributed by atoms with E-state index in [9.17, 15) is 13.2 Å². The molecule has 316 valence electrons. The maximum Gasteiger partial charge on any atom is 0.389 e. The van der Waals surface area contributed by atoms with Gasteiger partial charge in [0.25, 0.3) is 5.97 Å². The Morgan fingerprint density at radius 1 is 0.404 bits per heavy atom. The van der Waals surface area contributed by atoms with Crippen LogP contribution in [0.15, 0.2) is 0 Å². The molecule has 0 aliphatic rings. The van der Waals surface area contributed by atoms with Gasteiger partial charge in [0.15, 0.2) is 5.79 Å². The molecule has 0 aromatic rings. The first-order valence-electron chi connectivity index (χ1n) is 22.1. The molecule has 2 atom stereocenters. The number of unbranched alkanes of at least 4 members (excludes halogenated alkanes) is 19. The fourth-order valence-electron chi connectivity index (χ4n) is 7.22. The van der Waals surface area contributed by atoms with E-state index in [1.54, 1.807) is 6.92 Å². The van der Waals surface area contributed by atoms with Crippen LogP contribution in [0.25, 0.3) is 0 Å². The molecule has 0 radical (unpaired) electrons. The van der Waals surface area contributed by atoms with Crippen LogP contribution in [0.4, 0.5) is 13.2 Å². The Kier molecular flexibility index (Phi) is 37.4. The average molecular weight is 755 g/mol. The molecule has 5 nitrogen and oxygen atoms in total. The zero-order chi connectivity index (χ0) is 39.4. The summed E-state index contributed by atoms with van der Waals surface area (Å²) >= 11 is 0. The second kappa shape index (κ2) is 36.2. The van der Waals surface area contributed by atoms with Crippen molar-refractivity contribution in [3.05, 3.63) is 0 Å². The van der Waals surface area contributed by atoms with E-state index in [-0.39, 0.29) is 12.3 Å². The van der Waals surface area contributed by atoms with E-state index in [1.807, 2.05) is 0 Å². The lowest BCUT2D eigenvalue weighted by molar-refractivity contribution is -0.403. The Bertz CT molecular complexity index is 699. The van der Waals surface area contributed by atoms with E-state index < -0.39 is 24.4 Å². The van der Waals surface area contributed by atoms with Crippen molar-refractivity contribution < 1.29 is 36.9 Å². The minimum absolute atomic E-state index is 0.0522. The van der Waals surface area contributed by atoms with Crippen molar-refractivity contribution in [3.63, 3.8) is 0 Å². The number of alkyl halides is 3. The Balaban J connectivity index is 0. The van der Waals surface area contributed by atoms with E-state index in [0.717, 1.165) is 32.1 Å². The monoisotopic (exact) mass is 755 g/mol. The molecule has 0 fully saturated rings. The summed E-state index contributed by atoms with van der Waals surface area (Å²) in [6.45, 7) is 16.5. The molecular weight excluding hydrogens is 665 g/mol. The van der Waals surface area contributed by atoms with Crippen LogP contribution in [0, 0.1) is 11.8 Å². The highest BCUT2D eigenvalue weighted by molar-refractivity contribution is 4.77. The van der Waals surface area contributed by atoms with Crippen molar-refractivity contribution in [2.24, 2.45) is 11.8 Å². The van der Waals surface area contributed by atoms with Crippen molar-refractivity contribution in [1.82, 2.24) is 0 Å². The van der Waals surface area contributed by atoms with Gasteiger partial charge < -0.3 is 23.7 Å². The highest BCUT2D eigenvalue weighted by Crippen LogP contribution is 2.36. The predicted octanol–water partition coefficient (Wildman–Crippen LogP) is 15.1. The van der Waals surface area contributed by atoms with Crippen LogP contribution in [0.1, 0.15) is 222 Å². The summed E-state index contributed by atoms with van der Waals surface area (Å²) in [5.74, 6) is -1.69. The standard InChI is InChI=1S/C28H58O3.C16H31F3O2/c1-6-11-13-15-17-18-19-20-22-24-26-27(25-23-21-16-14-12-7-2)28(29-8-3,30-9-4)31-10-5;1-5-6-7-8-9-10-11-14(12-13-16(17,18)19)15(2,20-3)21-4/h27H,6-26H2,1-5H3;14H,5-13H2,1-4H3. The molecule has 0 heterocycles. The van der Waals surface area contributed by atoms with Gasteiger partial charge in [-0.15, -0.1) is 0 Å². The molecule has 0 bridgehead atoms. The summed E-state index contributed by atoms with van der Waals surface area (Å²) < 4.78 is 66.5. The van der Waals surface area contributed by atoms with Crippen molar-refractivity contribution in [1.29, 1.82) is 0 Å². The normalized spacial score (nSPS) is 13.6. The number of methoxy groups -OCH3 is 2. The van der Waals surface area contributed by atoms with Gasteiger partial charge in [0.2, 0.25) is 0 Å². The number of rotatable bonds is 37. The zero-order valence-electron chi connectivity index (χ0n) is 36.0. The Labute approximate surface area is 322 Å². The topological polar surface area (TPSA) is 46.2 Å². The van der Waals surface area contributed by atoms with Crippen LogP contribution in [0.5, 0.6) is 0 Å². The van der Waals surface area contributed by atoms with Gasteiger partial charge in [-0.3, -0.25) is 0 Å². The second-order valence-corrected chi connectivity index (χ2v) is 15.0. The number of ether oxygens (including phenoxy) is 5. The third kappa shape index (κ3) is 29.0. The fourth-order valence-corrected chi connectivity index (χ4v) is 7.22. The Morgan fingerprint density at radius 3 is 0.962 bits per heavy atom. The van der Waals surface area contributed by atoms with Gasteiger partial charge in [-0.2, -0.15) is 13.2 Å². The summed E-state index contributed by atoms with van der Waals surface area (Å²) in [5.41, 5.74) is 0. The molecule has 0 aromatic heterocycles. The van der Waals surface area contributed by atoms with E-state index in [2.05, 4.69) is 41.5 Å². The molecule has 0 saturated carbocycles. The van der Waals surface area contributed by atoms with Crippen molar-refractivity contribution in [3.8, 4) is 0 Å². The molecule has 0 aromatic carbocycles. The number of halogens is 3. The minimum atomic E-state index is -4.12. The van der Waals surface area contributed by atoms with Gasteiger partial charge in [-0.1, -0.05) is 162 Å². The quantitative estimate of drug-likeness (QED) is 0.0467. The number of hydrogen-bond donors (Lipinski definition) is 0. The third-order valence-electron chi connectivity index (χ3n) is 10.6. The SMILES string of the molecule is CCCCCCCCC(CCC(F)(F)F)C(C)(OC)OC.CCCCCCCCCCCCC(CCCCCCCC)C(OCC)(OCC)OCC. The second-order valence-electron chi connectivity index (χ2n) is 15.0. The van der Waals surface area contributed by atoms with E-state index in [1.165, 1.54) is 136 Å². The molecule has 0 amide bonds. The lowest BCUT2D eigenvalue weighted by Crippen LogP contribution is -2.46. The summed E-state index contributed by atoms with van der Waals surface area (Å²) in [6, 6.07) is 0. The Morgan fingerprint density at radius 2 is 0.692 bits per heavy atom. The molecule has 2 unspecified atom stereocenters. The van der Waals surface area contributed by atoms with Gasteiger partial charge in [-0.05, 0) is 53.4 Å². The molecule has 52 heavy (non-hydrogen) atoms. The molecule has 0 aliphatic heterocycles. The smallest absolute Gasteiger partial charge is 0.353 e. The highest BCUT2D eigenvalue weighted by atomic mass is 19.4. The van der Waals surface area contributed by atoms with Crippen molar-refractivity contribution in [2.45, 2.75) is 240 Å². The average Bonchev–Trinajstić information content (AvgIpc) is 3.12. The van der Waals surface area contributed by atoms with Crippen molar-refractivity contribution in [2.75, 3.05) is 34.0 Å². The van der Waals surface area contributed by atoms with Gasteiger partial charge in [0.05, 0.1) is 0 Å². The van der Waals surface area contributed by atoms with Gasteiger partial charge in [-0.25, -0.2) is 0 Å². The van der Waals surface area contributed by atoms with E-state index in [4.69, 9.17) is 23.7 Å². The molecule has 0 saturated heterocycles. The van der Waals surface area contributed by atoms with Crippen LogP contribution < -0.4 is 0 Å².